The second-order valence-electron chi connectivity index (χ2n) is 22.0. The molecule has 6 saturated carbocycles. The third-order valence-electron chi connectivity index (χ3n) is 18.7. The van der Waals surface area contributed by atoms with Gasteiger partial charge < -0.3 is 15.2 Å². The Morgan fingerprint density at radius 2 is 1.54 bits per heavy atom. The van der Waals surface area contributed by atoms with Crippen LogP contribution in [0.15, 0.2) is 0 Å². The van der Waals surface area contributed by atoms with Gasteiger partial charge >= 0.3 is 11.9 Å². The lowest BCUT2D eigenvalue weighted by Gasteiger charge is -2.73. The summed E-state index contributed by atoms with van der Waals surface area (Å²) in [6.45, 7) is 20.8. The van der Waals surface area contributed by atoms with Gasteiger partial charge in [-0.1, -0.05) is 41.5 Å². The number of carboxylic acid groups (broad SMARTS) is 1. The summed E-state index contributed by atoms with van der Waals surface area (Å²) in [5, 5.41) is 14.0. The molecule has 1 heterocycles. The Balaban J connectivity index is 1.12. The fourth-order valence-electron chi connectivity index (χ4n) is 15.0. The minimum absolute atomic E-state index is 0.102. The van der Waals surface area contributed by atoms with Gasteiger partial charge in [-0.05, 0) is 148 Å². The van der Waals surface area contributed by atoms with Crippen LogP contribution in [0.4, 0.5) is 0 Å². The SMILES string of the molecule is CSCC(CN[C@]12CC[C@@H](C3(C)CC3)[C@@H]1[C@H]1CC[C@@H]3[C@@]4(C)CC[C@H](OC(=O)CC(C)(C)C(=O)O)C(C)(C)[C@@H]4CC[C@@]3(C)[C@]1(C)CC2)N1CCS(=O)(=O)CC1. The van der Waals surface area contributed by atoms with Crippen LogP contribution in [-0.4, -0.2) is 91.2 Å². The lowest BCUT2D eigenvalue weighted by molar-refractivity contribution is -0.248. The van der Waals surface area contributed by atoms with Crippen LogP contribution in [0.3, 0.4) is 0 Å². The number of thioether (sulfide) groups is 1. The van der Waals surface area contributed by atoms with Crippen molar-refractivity contribution in [2.75, 3.05) is 43.1 Å². The predicted molar refractivity (Wildman–Crippen MR) is 218 cm³/mol. The molecule has 11 atom stereocenters. The summed E-state index contributed by atoms with van der Waals surface area (Å²) in [5.74, 6) is 3.52. The van der Waals surface area contributed by atoms with Crippen molar-refractivity contribution in [3.63, 3.8) is 0 Å². The number of hydrogen-bond donors (Lipinski definition) is 2. The molecular formula is C44H74N2O6S2. The Hall–Kier alpha value is -0.840. The lowest BCUT2D eigenvalue weighted by Crippen LogP contribution is -2.69. The molecule has 1 saturated heterocycles. The van der Waals surface area contributed by atoms with Gasteiger partial charge in [0.2, 0.25) is 0 Å². The van der Waals surface area contributed by atoms with Gasteiger partial charge in [-0.3, -0.25) is 14.5 Å². The van der Waals surface area contributed by atoms with Crippen molar-refractivity contribution < 1.29 is 27.9 Å². The van der Waals surface area contributed by atoms with Crippen LogP contribution < -0.4 is 5.32 Å². The zero-order chi connectivity index (χ0) is 39.3. The maximum absolute atomic E-state index is 13.2. The quantitative estimate of drug-likeness (QED) is 0.201. The van der Waals surface area contributed by atoms with Crippen molar-refractivity contribution in [3.8, 4) is 0 Å². The second kappa shape index (κ2) is 13.9. The van der Waals surface area contributed by atoms with Gasteiger partial charge in [-0.2, -0.15) is 11.8 Å². The fourth-order valence-corrected chi connectivity index (χ4v) is 16.9. The third-order valence-corrected chi connectivity index (χ3v) is 21.0. The molecular weight excluding hydrogens is 717 g/mol. The molecule has 2 N–H and O–H groups in total. The first kappa shape index (κ1) is 41.3. The largest absolute Gasteiger partial charge is 0.481 e. The van der Waals surface area contributed by atoms with Crippen LogP contribution in [0, 0.1) is 62.1 Å². The number of nitrogens with one attached hydrogen (secondary N) is 1. The van der Waals surface area contributed by atoms with Crippen molar-refractivity contribution in [2.45, 2.75) is 157 Å². The molecule has 0 bridgehead atoms. The van der Waals surface area contributed by atoms with E-state index in [0.717, 1.165) is 37.5 Å². The van der Waals surface area contributed by atoms with Crippen LogP contribution in [-0.2, 0) is 24.2 Å². The van der Waals surface area contributed by atoms with Crippen LogP contribution in [0.5, 0.6) is 0 Å². The first-order valence-corrected chi connectivity index (χ1v) is 24.9. The molecule has 0 radical (unpaired) electrons. The number of sulfone groups is 1. The number of nitrogens with zero attached hydrogens (tertiary/aromatic N) is 1. The van der Waals surface area contributed by atoms with Crippen LogP contribution in [0.2, 0.25) is 0 Å². The lowest BCUT2D eigenvalue weighted by atomic mass is 9.32. The maximum Gasteiger partial charge on any atom is 0.309 e. The number of aliphatic carboxylic acids is 1. The topological polar surface area (TPSA) is 113 Å². The Kier molecular flexibility index (Phi) is 10.6. The minimum Gasteiger partial charge on any atom is -0.481 e. The predicted octanol–water partition coefficient (Wildman–Crippen LogP) is 8.08. The second-order valence-corrected chi connectivity index (χ2v) is 25.2. The Bertz CT molecular complexity index is 1560. The molecule has 308 valence electrons. The normalized spacial score (nSPS) is 44.2. The van der Waals surface area contributed by atoms with Gasteiger partial charge in [-0.15, -0.1) is 0 Å². The summed E-state index contributed by atoms with van der Waals surface area (Å²) in [4.78, 5) is 27.4. The molecule has 6 aliphatic carbocycles. The Morgan fingerprint density at radius 3 is 2.17 bits per heavy atom. The van der Waals surface area contributed by atoms with E-state index >= 15 is 0 Å². The van der Waals surface area contributed by atoms with Crippen LogP contribution in [0.25, 0.3) is 0 Å². The highest BCUT2D eigenvalue weighted by Gasteiger charge is 2.72. The molecule has 1 aliphatic heterocycles. The van der Waals surface area contributed by atoms with E-state index in [4.69, 9.17) is 4.74 Å². The van der Waals surface area contributed by atoms with E-state index in [9.17, 15) is 23.1 Å². The highest BCUT2D eigenvalue weighted by Crippen LogP contribution is 2.77. The molecule has 7 aliphatic rings. The summed E-state index contributed by atoms with van der Waals surface area (Å²) < 4.78 is 30.9. The highest BCUT2D eigenvalue weighted by atomic mass is 32.2. The average Bonchev–Trinajstić information content (AvgIpc) is 3.70. The molecule has 0 amide bonds. The van der Waals surface area contributed by atoms with Crippen LogP contribution in [0.1, 0.15) is 139 Å². The molecule has 7 fully saturated rings. The van der Waals surface area contributed by atoms with Gasteiger partial charge in [0, 0.05) is 42.4 Å². The van der Waals surface area contributed by atoms with Crippen LogP contribution >= 0.6 is 11.8 Å². The van der Waals surface area contributed by atoms with E-state index in [0.29, 0.717) is 59.7 Å². The highest BCUT2D eigenvalue weighted by molar-refractivity contribution is 7.98. The number of carbonyl (C=O) groups excluding carboxylic acids is 1. The molecule has 7 rings (SSSR count). The van der Waals surface area contributed by atoms with Gasteiger partial charge in [-0.25, -0.2) is 8.42 Å². The number of rotatable bonds is 11. The van der Waals surface area contributed by atoms with Crippen molar-refractivity contribution in [2.24, 2.45) is 62.1 Å². The van der Waals surface area contributed by atoms with E-state index in [1.54, 1.807) is 13.8 Å². The molecule has 0 aromatic rings. The van der Waals surface area contributed by atoms with E-state index in [2.05, 4.69) is 58.0 Å². The number of esters is 1. The minimum atomic E-state index is -2.91. The summed E-state index contributed by atoms with van der Waals surface area (Å²) in [6, 6.07) is 0.360. The molecule has 0 spiro atoms. The monoisotopic (exact) mass is 790 g/mol. The summed E-state index contributed by atoms with van der Waals surface area (Å²) in [5.41, 5.74) is 0.0207. The molecule has 1 unspecified atom stereocenters. The third kappa shape index (κ3) is 6.65. The standard InChI is InChI=1S/C44H74N2O6S2/c1-38(2,37(48)49)26-35(47)52-34-14-15-41(6)32(39(34,3)4)13-16-43(8)33(41)11-10-31-36-30(40(5)18-19-40)12-17-44(36,21-20-42(31,43)7)45-27-29(28-53-9)46-22-24-54(50,51)25-23-46/h29-34,36,45H,10-28H2,1-9H3,(H,48,49)/t29?,30-,31-,32+,33-,34+,36-,41+,42-,43-,44+/m1/s1. The summed E-state index contributed by atoms with van der Waals surface area (Å²) >= 11 is 1.89. The van der Waals surface area contributed by atoms with Gasteiger partial charge in [0.25, 0.3) is 0 Å². The molecule has 8 nitrogen and oxygen atoms in total. The summed E-state index contributed by atoms with van der Waals surface area (Å²) in [7, 11) is -2.91. The smallest absolute Gasteiger partial charge is 0.309 e. The van der Waals surface area contributed by atoms with Crippen molar-refractivity contribution in [3.05, 3.63) is 0 Å². The van der Waals surface area contributed by atoms with E-state index in [1.165, 1.54) is 57.8 Å². The van der Waals surface area contributed by atoms with Crippen molar-refractivity contribution in [1.82, 2.24) is 10.2 Å². The van der Waals surface area contributed by atoms with E-state index in [1.807, 2.05) is 11.8 Å². The first-order chi connectivity index (χ1) is 25.1. The zero-order valence-corrected chi connectivity index (χ0v) is 36.9. The van der Waals surface area contributed by atoms with E-state index < -0.39 is 21.2 Å². The number of carboxylic acids is 1. The number of hydrogen-bond acceptors (Lipinski definition) is 8. The first-order valence-electron chi connectivity index (χ1n) is 21.7. The molecule has 10 heteroatoms. The Morgan fingerprint density at radius 1 is 0.852 bits per heavy atom. The zero-order valence-electron chi connectivity index (χ0n) is 35.2. The Labute approximate surface area is 332 Å². The maximum atomic E-state index is 13.2. The van der Waals surface area contributed by atoms with Gasteiger partial charge in [0.15, 0.2) is 9.84 Å². The number of ether oxygens (including phenoxy) is 1. The van der Waals surface area contributed by atoms with Gasteiger partial charge in [0.05, 0.1) is 23.3 Å². The number of fused-ring (bicyclic) bond motifs is 7. The van der Waals surface area contributed by atoms with Crippen molar-refractivity contribution in [1.29, 1.82) is 0 Å². The van der Waals surface area contributed by atoms with E-state index in [-0.39, 0.29) is 45.7 Å². The van der Waals surface area contributed by atoms with Crippen molar-refractivity contribution >= 4 is 33.5 Å². The summed E-state index contributed by atoms with van der Waals surface area (Å²) in [6.07, 6.45) is 16.7. The number of carbonyl (C=O) groups is 2. The van der Waals surface area contributed by atoms with Gasteiger partial charge in [0.1, 0.15) is 6.10 Å². The fraction of sp³-hybridized carbons (Fsp3) is 0.955. The average molecular weight is 791 g/mol. The molecule has 0 aromatic carbocycles. The molecule has 0 aromatic heterocycles. The molecule has 54 heavy (non-hydrogen) atoms.